The van der Waals surface area contributed by atoms with Crippen LogP contribution in [0.3, 0.4) is 0 Å². The molecule has 0 aromatic heterocycles. The third-order valence-corrected chi connectivity index (χ3v) is 4.02. The predicted octanol–water partition coefficient (Wildman–Crippen LogP) is 2.06. The summed E-state index contributed by atoms with van der Waals surface area (Å²) in [5.74, 6) is 3.17. The second kappa shape index (κ2) is 7.96. The van der Waals surface area contributed by atoms with Crippen LogP contribution in [-0.4, -0.2) is 36.7 Å². The van der Waals surface area contributed by atoms with Crippen molar-refractivity contribution < 1.29 is 9.53 Å². The van der Waals surface area contributed by atoms with E-state index in [-0.39, 0.29) is 12.0 Å². The summed E-state index contributed by atoms with van der Waals surface area (Å²) in [6.07, 6.45) is 3.36. The SMILES string of the molecule is CCOC(=O)C(CC)NCC1CCSCC1. The Labute approximate surface area is 103 Å². The Bertz CT molecular complexity index is 205. The average Bonchev–Trinajstić information content (AvgIpc) is 2.31. The molecule has 16 heavy (non-hydrogen) atoms. The first kappa shape index (κ1) is 13.8. The first-order chi connectivity index (χ1) is 7.77. The molecule has 0 amide bonds. The maximum Gasteiger partial charge on any atom is 0.323 e. The van der Waals surface area contributed by atoms with Crippen molar-refractivity contribution in [3.8, 4) is 0 Å². The second-order valence-corrected chi connectivity index (χ2v) is 5.40. The zero-order valence-electron chi connectivity index (χ0n) is 10.3. The molecular weight excluding hydrogens is 222 g/mol. The predicted molar refractivity (Wildman–Crippen MR) is 68.8 cm³/mol. The van der Waals surface area contributed by atoms with Crippen LogP contribution >= 0.6 is 11.8 Å². The van der Waals surface area contributed by atoms with Gasteiger partial charge in [-0.25, -0.2) is 0 Å². The van der Waals surface area contributed by atoms with E-state index in [2.05, 4.69) is 5.32 Å². The Morgan fingerprint density at radius 1 is 1.44 bits per heavy atom. The van der Waals surface area contributed by atoms with Crippen LogP contribution in [-0.2, 0) is 9.53 Å². The van der Waals surface area contributed by atoms with E-state index in [1.54, 1.807) is 0 Å². The lowest BCUT2D eigenvalue weighted by Crippen LogP contribution is -2.40. The van der Waals surface area contributed by atoms with Crippen molar-refractivity contribution in [2.24, 2.45) is 5.92 Å². The lowest BCUT2D eigenvalue weighted by molar-refractivity contribution is -0.145. The monoisotopic (exact) mass is 245 g/mol. The van der Waals surface area contributed by atoms with Crippen LogP contribution in [0.25, 0.3) is 0 Å². The maximum absolute atomic E-state index is 11.6. The molecule has 1 fully saturated rings. The van der Waals surface area contributed by atoms with Crippen molar-refractivity contribution in [2.75, 3.05) is 24.7 Å². The molecule has 3 nitrogen and oxygen atoms in total. The third kappa shape index (κ3) is 4.74. The first-order valence-electron chi connectivity index (χ1n) is 6.25. The van der Waals surface area contributed by atoms with Gasteiger partial charge >= 0.3 is 5.97 Å². The fraction of sp³-hybridized carbons (Fsp3) is 0.917. The molecule has 0 aromatic rings. The van der Waals surface area contributed by atoms with Crippen molar-refractivity contribution in [2.45, 2.75) is 39.2 Å². The van der Waals surface area contributed by atoms with E-state index in [0.29, 0.717) is 6.61 Å². The van der Waals surface area contributed by atoms with Gasteiger partial charge < -0.3 is 10.1 Å². The Morgan fingerprint density at radius 2 is 2.12 bits per heavy atom. The van der Waals surface area contributed by atoms with Crippen LogP contribution < -0.4 is 5.32 Å². The molecule has 0 aromatic carbocycles. The number of hydrogen-bond donors (Lipinski definition) is 1. The highest BCUT2D eigenvalue weighted by Crippen LogP contribution is 2.22. The fourth-order valence-corrected chi connectivity index (χ4v) is 3.10. The summed E-state index contributed by atoms with van der Waals surface area (Å²) in [5, 5.41) is 3.34. The van der Waals surface area contributed by atoms with Gasteiger partial charge in [0.05, 0.1) is 6.61 Å². The van der Waals surface area contributed by atoms with E-state index in [1.807, 2.05) is 25.6 Å². The standard InChI is InChI=1S/C12H23NO2S/c1-3-11(12(14)15-4-2)13-9-10-5-7-16-8-6-10/h10-11,13H,3-9H2,1-2H3. The van der Waals surface area contributed by atoms with Crippen LogP contribution in [0.15, 0.2) is 0 Å². The van der Waals surface area contributed by atoms with Crippen molar-refractivity contribution in [1.29, 1.82) is 0 Å². The van der Waals surface area contributed by atoms with Crippen molar-refractivity contribution in [1.82, 2.24) is 5.32 Å². The van der Waals surface area contributed by atoms with E-state index >= 15 is 0 Å². The topological polar surface area (TPSA) is 38.3 Å². The Hall–Kier alpha value is -0.220. The number of hydrogen-bond acceptors (Lipinski definition) is 4. The van der Waals surface area contributed by atoms with E-state index in [0.717, 1.165) is 18.9 Å². The highest BCUT2D eigenvalue weighted by molar-refractivity contribution is 7.99. The molecule has 1 saturated heterocycles. The molecule has 94 valence electrons. The number of ether oxygens (including phenoxy) is 1. The molecule has 0 saturated carbocycles. The van der Waals surface area contributed by atoms with Gasteiger partial charge in [0.1, 0.15) is 6.04 Å². The normalized spacial score (nSPS) is 19.4. The summed E-state index contributed by atoms with van der Waals surface area (Å²) in [6.45, 7) is 5.29. The van der Waals surface area contributed by atoms with E-state index in [9.17, 15) is 4.79 Å². The molecule has 0 radical (unpaired) electrons. The Kier molecular flexibility index (Phi) is 6.88. The Morgan fingerprint density at radius 3 is 2.69 bits per heavy atom. The summed E-state index contributed by atoms with van der Waals surface area (Å²) < 4.78 is 5.03. The largest absolute Gasteiger partial charge is 0.465 e. The van der Waals surface area contributed by atoms with Gasteiger partial charge in [0.15, 0.2) is 0 Å². The number of esters is 1. The van der Waals surface area contributed by atoms with Gasteiger partial charge in [0.25, 0.3) is 0 Å². The molecule has 1 aliphatic rings. The molecule has 1 rings (SSSR count). The van der Waals surface area contributed by atoms with Gasteiger partial charge in [-0.1, -0.05) is 6.92 Å². The van der Waals surface area contributed by atoms with Crippen molar-refractivity contribution in [3.05, 3.63) is 0 Å². The van der Waals surface area contributed by atoms with Gasteiger partial charge in [0, 0.05) is 0 Å². The first-order valence-corrected chi connectivity index (χ1v) is 7.41. The fourth-order valence-electron chi connectivity index (χ4n) is 1.90. The molecule has 4 heteroatoms. The maximum atomic E-state index is 11.6. The number of carbonyl (C=O) groups is 1. The van der Waals surface area contributed by atoms with Crippen molar-refractivity contribution >= 4 is 17.7 Å². The number of thioether (sulfide) groups is 1. The zero-order chi connectivity index (χ0) is 11.8. The molecule has 0 spiro atoms. The smallest absolute Gasteiger partial charge is 0.323 e. The third-order valence-electron chi connectivity index (χ3n) is 2.97. The summed E-state index contributed by atoms with van der Waals surface area (Å²) >= 11 is 2.03. The number of nitrogens with one attached hydrogen (secondary N) is 1. The van der Waals surface area contributed by atoms with Crippen LogP contribution in [0.2, 0.25) is 0 Å². The minimum absolute atomic E-state index is 0.102. The highest BCUT2D eigenvalue weighted by Gasteiger charge is 2.20. The second-order valence-electron chi connectivity index (χ2n) is 4.18. The van der Waals surface area contributed by atoms with E-state index < -0.39 is 0 Å². The van der Waals surface area contributed by atoms with Crippen LogP contribution in [0.4, 0.5) is 0 Å². The van der Waals surface area contributed by atoms with Gasteiger partial charge in [-0.15, -0.1) is 0 Å². The van der Waals surface area contributed by atoms with E-state index in [1.165, 1.54) is 24.3 Å². The minimum atomic E-state index is -0.116. The average molecular weight is 245 g/mol. The van der Waals surface area contributed by atoms with Gasteiger partial charge in [-0.3, -0.25) is 4.79 Å². The summed E-state index contributed by atoms with van der Waals surface area (Å²) in [6, 6.07) is -0.116. The molecule has 0 bridgehead atoms. The molecule has 1 heterocycles. The molecule has 1 aliphatic heterocycles. The quantitative estimate of drug-likeness (QED) is 0.727. The van der Waals surface area contributed by atoms with Gasteiger partial charge in [-0.2, -0.15) is 11.8 Å². The summed E-state index contributed by atoms with van der Waals surface area (Å²) in [4.78, 5) is 11.6. The number of rotatable bonds is 6. The van der Waals surface area contributed by atoms with Crippen LogP contribution in [0.5, 0.6) is 0 Å². The summed E-state index contributed by atoms with van der Waals surface area (Å²) in [5.41, 5.74) is 0. The van der Waals surface area contributed by atoms with Crippen LogP contribution in [0.1, 0.15) is 33.1 Å². The molecule has 0 aliphatic carbocycles. The zero-order valence-corrected chi connectivity index (χ0v) is 11.1. The lowest BCUT2D eigenvalue weighted by Gasteiger charge is -2.24. The lowest BCUT2D eigenvalue weighted by atomic mass is 10.0. The highest BCUT2D eigenvalue weighted by atomic mass is 32.2. The minimum Gasteiger partial charge on any atom is -0.465 e. The van der Waals surface area contributed by atoms with Crippen molar-refractivity contribution in [3.63, 3.8) is 0 Å². The molecule has 1 N–H and O–H groups in total. The number of carbonyl (C=O) groups excluding carboxylic acids is 1. The molecule has 1 unspecified atom stereocenters. The van der Waals surface area contributed by atoms with Crippen LogP contribution in [0, 0.1) is 5.92 Å². The van der Waals surface area contributed by atoms with Gasteiger partial charge in [-0.05, 0) is 50.2 Å². The van der Waals surface area contributed by atoms with E-state index in [4.69, 9.17) is 4.74 Å². The summed E-state index contributed by atoms with van der Waals surface area (Å²) in [7, 11) is 0. The molecular formula is C12H23NO2S. The molecule has 1 atom stereocenters. The Balaban J connectivity index is 2.24. The van der Waals surface area contributed by atoms with Gasteiger partial charge in [0.2, 0.25) is 0 Å².